The lowest BCUT2D eigenvalue weighted by Crippen LogP contribution is -2.25. The van der Waals surface area contributed by atoms with Gasteiger partial charge in [-0.05, 0) is 18.2 Å². The summed E-state index contributed by atoms with van der Waals surface area (Å²) in [6.45, 7) is 0.845. The maximum absolute atomic E-state index is 12.8. The molecule has 0 saturated carbocycles. The second kappa shape index (κ2) is 4.32. The largest absolute Gasteiger partial charge is 0.299 e. The van der Waals surface area contributed by atoms with Crippen LogP contribution in [0.15, 0.2) is 29.3 Å². The van der Waals surface area contributed by atoms with E-state index in [0.717, 1.165) is 17.5 Å². The molecule has 74 valence electrons. The zero-order valence-electron chi connectivity index (χ0n) is 7.46. The minimum atomic E-state index is -0.252. The van der Waals surface area contributed by atoms with Crippen LogP contribution >= 0.6 is 11.8 Å². The first-order chi connectivity index (χ1) is 6.84. The highest BCUT2D eigenvalue weighted by Crippen LogP contribution is 2.11. The molecule has 0 aromatic heterocycles. The van der Waals surface area contributed by atoms with Crippen molar-refractivity contribution < 1.29 is 4.39 Å². The Morgan fingerprint density at radius 2 is 2.29 bits per heavy atom. The summed E-state index contributed by atoms with van der Waals surface area (Å²) >= 11 is 1.65. The van der Waals surface area contributed by atoms with Crippen LogP contribution in [0, 0.1) is 5.82 Å². The number of nitrogens with one attached hydrogen (secondary N) is 2. The fourth-order valence-corrected chi connectivity index (χ4v) is 1.78. The average Bonchev–Trinajstić information content (AvgIpc) is 2.67. The molecule has 1 aliphatic rings. The SMILES string of the molecule is Fc1cccc(NNC2=NCCS2)c1. The van der Waals surface area contributed by atoms with Crippen molar-refractivity contribution in [3.63, 3.8) is 0 Å². The maximum atomic E-state index is 12.8. The Morgan fingerprint density at radius 3 is 3.00 bits per heavy atom. The van der Waals surface area contributed by atoms with Gasteiger partial charge in [-0.3, -0.25) is 15.8 Å². The second-order valence-corrected chi connectivity index (χ2v) is 3.88. The fraction of sp³-hybridized carbons (Fsp3) is 0.222. The van der Waals surface area contributed by atoms with E-state index in [1.54, 1.807) is 23.9 Å². The summed E-state index contributed by atoms with van der Waals surface area (Å²) in [5.74, 6) is 0.755. The van der Waals surface area contributed by atoms with Crippen molar-refractivity contribution >= 4 is 22.6 Å². The number of aliphatic imine (C=N–C) groups is 1. The number of amidine groups is 1. The van der Waals surface area contributed by atoms with Crippen molar-refractivity contribution in [2.24, 2.45) is 4.99 Å². The monoisotopic (exact) mass is 211 g/mol. The topological polar surface area (TPSA) is 36.4 Å². The van der Waals surface area contributed by atoms with Crippen LogP contribution < -0.4 is 10.9 Å². The number of anilines is 1. The van der Waals surface area contributed by atoms with Gasteiger partial charge in [-0.1, -0.05) is 17.8 Å². The Morgan fingerprint density at radius 1 is 1.36 bits per heavy atom. The lowest BCUT2D eigenvalue weighted by molar-refractivity contribution is 0.628. The van der Waals surface area contributed by atoms with Crippen LogP contribution in [0.25, 0.3) is 0 Å². The predicted octanol–water partition coefficient (Wildman–Crippen LogP) is 1.84. The van der Waals surface area contributed by atoms with Gasteiger partial charge in [0.2, 0.25) is 0 Å². The molecule has 0 unspecified atom stereocenters. The molecule has 0 fully saturated rings. The van der Waals surface area contributed by atoms with E-state index in [-0.39, 0.29) is 5.82 Å². The van der Waals surface area contributed by atoms with E-state index in [0.29, 0.717) is 5.69 Å². The van der Waals surface area contributed by atoms with Crippen LogP contribution in [0.2, 0.25) is 0 Å². The first-order valence-corrected chi connectivity index (χ1v) is 5.28. The van der Waals surface area contributed by atoms with Gasteiger partial charge in [0.1, 0.15) is 5.82 Å². The molecule has 1 aromatic carbocycles. The Hall–Kier alpha value is -1.23. The van der Waals surface area contributed by atoms with Gasteiger partial charge in [0.05, 0.1) is 12.2 Å². The minimum Gasteiger partial charge on any atom is -0.299 e. The number of hydrogen-bond acceptors (Lipinski definition) is 4. The number of halogens is 1. The highest BCUT2D eigenvalue weighted by Gasteiger charge is 2.05. The number of hydrazine groups is 1. The molecule has 0 radical (unpaired) electrons. The first-order valence-electron chi connectivity index (χ1n) is 4.29. The Kier molecular flexibility index (Phi) is 2.88. The van der Waals surface area contributed by atoms with E-state index < -0.39 is 0 Å². The predicted molar refractivity (Wildman–Crippen MR) is 57.9 cm³/mol. The summed E-state index contributed by atoms with van der Waals surface area (Å²) in [5, 5.41) is 0.856. The van der Waals surface area contributed by atoms with Gasteiger partial charge in [0, 0.05) is 5.75 Å². The van der Waals surface area contributed by atoms with E-state index in [1.807, 2.05) is 0 Å². The molecule has 0 aliphatic carbocycles. The van der Waals surface area contributed by atoms with Crippen LogP contribution in [0.1, 0.15) is 0 Å². The molecule has 1 heterocycles. The van der Waals surface area contributed by atoms with E-state index in [9.17, 15) is 4.39 Å². The maximum Gasteiger partial charge on any atom is 0.175 e. The third kappa shape index (κ3) is 2.38. The smallest absolute Gasteiger partial charge is 0.175 e. The number of hydrogen-bond donors (Lipinski definition) is 2. The lowest BCUT2D eigenvalue weighted by Gasteiger charge is -2.07. The number of thioether (sulfide) groups is 1. The van der Waals surface area contributed by atoms with Crippen LogP contribution in [0.4, 0.5) is 10.1 Å². The molecular weight excluding hydrogens is 201 g/mol. The normalized spacial score (nSPS) is 15.1. The van der Waals surface area contributed by atoms with Crippen LogP contribution in [0.3, 0.4) is 0 Å². The van der Waals surface area contributed by atoms with Gasteiger partial charge in [-0.15, -0.1) is 0 Å². The molecule has 0 atom stereocenters. The zero-order chi connectivity index (χ0) is 9.80. The third-order valence-electron chi connectivity index (χ3n) is 1.72. The molecule has 1 aromatic rings. The van der Waals surface area contributed by atoms with Gasteiger partial charge in [-0.2, -0.15) is 0 Å². The third-order valence-corrected chi connectivity index (χ3v) is 2.62. The summed E-state index contributed by atoms with van der Waals surface area (Å²) < 4.78 is 12.8. The van der Waals surface area contributed by atoms with Crippen LogP contribution in [-0.4, -0.2) is 17.5 Å². The van der Waals surface area contributed by atoms with E-state index in [1.165, 1.54) is 12.1 Å². The molecule has 3 nitrogen and oxygen atoms in total. The van der Waals surface area contributed by atoms with Crippen molar-refractivity contribution in [1.82, 2.24) is 5.43 Å². The van der Waals surface area contributed by atoms with E-state index >= 15 is 0 Å². The quantitative estimate of drug-likeness (QED) is 0.733. The molecule has 0 bridgehead atoms. The standard InChI is InChI=1S/C9H10FN3S/c10-7-2-1-3-8(6-7)12-13-9-11-4-5-14-9/h1-3,6,12H,4-5H2,(H,11,13). The van der Waals surface area contributed by atoms with Gasteiger partial charge in [0.15, 0.2) is 5.17 Å². The molecule has 0 spiro atoms. The van der Waals surface area contributed by atoms with E-state index in [2.05, 4.69) is 15.8 Å². The number of nitrogens with zero attached hydrogens (tertiary/aromatic N) is 1. The average molecular weight is 211 g/mol. The van der Waals surface area contributed by atoms with Gasteiger partial charge >= 0.3 is 0 Å². The highest BCUT2D eigenvalue weighted by molar-refractivity contribution is 8.14. The molecule has 14 heavy (non-hydrogen) atoms. The van der Waals surface area contributed by atoms with Gasteiger partial charge in [0.25, 0.3) is 0 Å². The minimum absolute atomic E-state index is 0.252. The van der Waals surface area contributed by atoms with Crippen molar-refractivity contribution in [2.75, 3.05) is 17.7 Å². The molecule has 2 N–H and O–H groups in total. The Labute approximate surface area is 85.8 Å². The van der Waals surface area contributed by atoms with Gasteiger partial charge in [-0.25, -0.2) is 4.39 Å². The van der Waals surface area contributed by atoms with Crippen molar-refractivity contribution in [2.45, 2.75) is 0 Å². The fourth-order valence-electron chi connectivity index (χ4n) is 1.10. The molecule has 0 amide bonds. The molecule has 2 rings (SSSR count). The number of benzene rings is 1. The highest BCUT2D eigenvalue weighted by atomic mass is 32.2. The summed E-state index contributed by atoms with van der Waals surface area (Å²) in [7, 11) is 0. The summed E-state index contributed by atoms with van der Waals surface area (Å²) in [6.07, 6.45) is 0. The zero-order valence-corrected chi connectivity index (χ0v) is 8.27. The summed E-state index contributed by atoms with van der Waals surface area (Å²) in [6, 6.07) is 6.28. The Bertz CT molecular complexity index is 354. The second-order valence-electron chi connectivity index (χ2n) is 2.80. The van der Waals surface area contributed by atoms with E-state index in [4.69, 9.17) is 0 Å². The molecule has 5 heteroatoms. The number of rotatable bonds is 2. The molecule has 0 saturated heterocycles. The Balaban J connectivity index is 1.91. The van der Waals surface area contributed by atoms with Crippen molar-refractivity contribution in [3.05, 3.63) is 30.1 Å². The van der Waals surface area contributed by atoms with Crippen LogP contribution in [-0.2, 0) is 0 Å². The summed E-state index contributed by atoms with van der Waals surface area (Å²) in [4.78, 5) is 4.19. The molecular formula is C9H10FN3S. The first kappa shape index (κ1) is 9.33. The summed E-state index contributed by atoms with van der Waals surface area (Å²) in [5.41, 5.74) is 6.50. The van der Waals surface area contributed by atoms with Gasteiger partial charge < -0.3 is 0 Å². The van der Waals surface area contributed by atoms with Crippen molar-refractivity contribution in [3.8, 4) is 0 Å². The van der Waals surface area contributed by atoms with Crippen LogP contribution in [0.5, 0.6) is 0 Å². The molecule has 1 aliphatic heterocycles. The van der Waals surface area contributed by atoms with Crippen molar-refractivity contribution in [1.29, 1.82) is 0 Å². The lowest BCUT2D eigenvalue weighted by atomic mass is 10.3.